The third-order valence-corrected chi connectivity index (χ3v) is 4.04. The van der Waals surface area contributed by atoms with Gasteiger partial charge in [0.1, 0.15) is 0 Å². The van der Waals surface area contributed by atoms with Gasteiger partial charge in [0.05, 0.1) is 6.04 Å². The highest BCUT2D eigenvalue weighted by Crippen LogP contribution is 2.16. The number of thioether (sulfide) groups is 1. The van der Waals surface area contributed by atoms with Crippen LogP contribution in [0.5, 0.6) is 0 Å². The van der Waals surface area contributed by atoms with Gasteiger partial charge < -0.3 is 10.2 Å². The van der Waals surface area contributed by atoms with Gasteiger partial charge in [-0.05, 0) is 32.6 Å². The minimum atomic E-state index is 0.0489. The summed E-state index contributed by atoms with van der Waals surface area (Å²) in [6, 6.07) is 0.423. The van der Waals surface area contributed by atoms with Crippen LogP contribution in [0.4, 0.5) is 0 Å². The second kappa shape index (κ2) is 6.38. The van der Waals surface area contributed by atoms with Gasteiger partial charge in [0.2, 0.25) is 5.91 Å². The van der Waals surface area contributed by atoms with Crippen LogP contribution in [0, 0.1) is 0 Å². The van der Waals surface area contributed by atoms with Crippen LogP contribution >= 0.6 is 11.8 Å². The lowest BCUT2D eigenvalue weighted by atomic mass is 10.0. The van der Waals surface area contributed by atoms with Crippen molar-refractivity contribution in [2.45, 2.75) is 38.8 Å². The van der Waals surface area contributed by atoms with E-state index in [0.717, 1.165) is 30.9 Å². The van der Waals surface area contributed by atoms with Crippen molar-refractivity contribution in [2.24, 2.45) is 0 Å². The summed E-state index contributed by atoms with van der Waals surface area (Å²) in [5, 5.41) is 3.10. The molecule has 3 nitrogen and oxygen atoms in total. The third kappa shape index (κ3) is 3.38. The molecule has 0 bridgehead atoms. The van der Waals surface area contributed by atoms with Crippen molar-refractivity contribution in [3.05, 3.63) is 0 Å². The zero-order valence-electron chi connectivity index (χ0n) is 9.95. The number of likely N-dealkylation sites (tertiary alicyclic amines) is 1. The number of nitrogens with one attached hydrogen (secondary N) is 1. The van der Waals surface area contributed by atoms with Gasteiger partial charge in [-0.2, -0.15) is 11.8 Å². The summed E-state index contributed by atoms with van der Waals surface area (Å²) in [6.45, 7) is 5.24. The minimum Gasteiger partial charge on any atom is -0.338 e. The van der Waals surface area contributed by atoms with Crippen LogP contribution in [-0.4, -0.2) is 48.0 Å². The van der Waals surface area contributed by atoms with Crippen molar-refractivity contribution in [3.63, 3.8) is 0 Å². The molecule has 1 aliphatic heterocycles. The second-order valence-corrected chi connectivity index (χ2v) is 5.34. The molecule has 1 fully saturated rings. The van der Waals surface area contributed by atoms with Crippen LogP contribution in [0.3, 0.4) is 0 Å². The molecule has 88 valence electrons. The van der Waals surface area contributed by atoms with Gasteiger partial charge in [-0.15, -0.1) is 0 Å². The van der Waals surface area contributed by atoms with Crippen molar-refractivity contribution < 1.29 is 4.79 Å². The fourth-order valence-corrected chi connectivity index (χ4v) is 2.74. The number of hydrogen-bond donors (Lipinski definition) is 1. The lowest BCUT2D eigenvalue weighted by Crippen LogP contribution is -2.53. The lowest BCUT2D eigenvalue weighted by Gasteiger charge is -2.36. The predicted octanol–water partition coefficient (Wildman–Crippen LogP) is 1.34. The number of rotatable bonds is 5. The molecule has 1 N–H and O–H groups in total. The van der Waals surface area contributed by atoms with E-state index < -0.39 is 0 Å². The molecule has 0 radical (unpaired) electrons. The Labute approximate surface area is 97.0 Å². The second-order valence-electron chi connectivity index (χ2n) is 4.02. The number of piperidine rings is 1. The first kappa shape index (κ1) is 12.8. The molecular formula is C11H22N2OS. The summed E-state index contributed by atoms with van der Waals surface area (Å²) in [5.41, 5.74) is 0. The largest absolute Gasteiger partial charge is 0.338 e. The van der Waals surface area contributed by atoms with E-state index in [9.17, 15) is 4.79 Å². The Kier molecular flexibility index (Phi) is 5.47. The third-order valence-electron chi connectivity index (χ3n) is 2.92. The molecule has 15 heavy (non-hydrogen) atoms. The Morgan fingerprint density at radius 3 is 3.00 bits per heavy atom. The normalized spacial score (nSPS) is 24.3. The highest BCUT2D eigenvalue weighted by Gasteiger charge is 2.29. The quantitative estimate of drug-likeness (QED) is 0.773. The van der Waals surface area contributed by atoms with Crippen molar-refractivity contribution in [3.8, 4) is 0 Å². The van der Waals surface area contributed by atoms with Gasteiger partial charge in [0.25, 0.3) is 0 Å². The number of carbonyl (C=O) groups is 1. The molecular weight excluding hydrogens is 208 g/mol. The van der Waals surface area contributed by atoms with Crippen LogP contribution in [0.1, 0.15) is 26.7 Å². The van der Waals surface area contributed by atoms with E-state index in [2.05, 4.69) is 19.2 Å². The number of carbonyl (C=O) groups excluding carboxylic acids is 1. The van der Waals surface area contributed by atoms with E-state index in [1.54, 1.807) is 0 Å². The molecule has 1 aliphatic rings. The molecule has 2 atom stereocenters. The summed E-state index contributed by atoms with van der Waals surface area (Å²) in [5.74, 6) is 2.47. The average molecular weight is 230 g/mol. The highest BCUT2D eigenvalue weighted by atomic mass is 32.2. The molecule has 0 aromatic carbocycles. The minimum absolute atomic E-state index is 0.0489. The Balaban J connectivity index is 2.48. The van der Waals surface area contributed by atoms with E-state index in [1.807, 2.05) is 23.7 Å². The molecule has 1 heterocycles. The molecule has 2 unspecified atom stereocenters. The number of nitrogens with zero attached hydrogens (tertiary/aromatic N) is 1. The summed E-state index contributed by atoms with van der Waals surface area (Å²) in [7, 11) is 1.87. The Morgan fingerprint density at radius 1 is 1.67 bits per heavy atom. The monoisotopic (exact) mass is 230 g/mol. The van der Waals surface area contributed by atoms with Crippen LogP contribution < -0.4 is 5.32 Å². The van der Waals surface area contributed by atoms with Crippen LogP contribution in [-0.2, 0) is 4.79 Å². The molecule has 0 aromatic rings. The molecule has 0 aromatic heterocycles. The smallest absolute Gasteiger partial charge is 0.239 e. The van der Waals surface area contributed by atoms with Crippen molar-refractivity contribution in [1.29, 1.82) is 0 Å². The zero-order valence-corrected chi connectivity index (χ0v) is 10.8. The first-order valence-electron chi connectivity index (χ1n) is 5.76. The number of likely N-dealkylation sites (N-methyl/N-ethyl adjacent to an activating group) is 1. The van der Waals surface area contributed by atoms with E-state index >= 15 is 0 Å². The van der Waals surface area contributed by atoms with Gasteiger partial charge in [-0.25, -0.2) is 0 Å². The lowest BCUT2D eigenvalue weighted by molar-refractivity contribution is -0.137. The standard InChI is InChI=1S/C11H22N2OS/c1-4-15-8-9(2)13-7-5-6-10(12-3)11(13)14/h9-10,12H,4-8H2,1-3H3. The number of hydrogen-bond acceptors (Lipinski definition) is 3. The van der Waals surface area contributed by atoms with Gasteiger partial charge in [-0.3, -0.25) is 4.79 Å². The summed E-state index contributed by atoms with van der Waals surface area (Å²) in [6.07, 6.45) is 2.11. The maximum Gasteiger partial charge on any atom is 0.239 e. The Morgan fingerprint density at radius 2 is 2.40 bits per heavy atom. The van der Waals surface area contributed by atoms with Gasteiger partial charge in [0.15, 0.2) is 0 Å². The summed E-state index contributed by atoms with van der Waals surface area (Å²) >= 11 is 1.91. The number of amides is 1. The summed E-state index contributed by atoms with van der Waals surface area (Å²) in [4.78, 5) is 14.1. The Hall–Kier alpha value is -0.220. The molecule has 0 spiro atoms. The molecule has 4 heteroatoms. The van der Waals surface area contributed by atoms with Crippen LogP contribution in [0.25, 0.3) is 0 Å². The fourth-order valence-electron chi connectivity index (χ4n) is 1.98. The predicted molar refractivity (Wildman–Crippen MR) is 66.3 cm³/mol. The van der Waals surface area contributed by atoms with Gasteiger partial charge in [0, 0.05) is 18.3 Å². The topological polar surface area (TPSA) is 32.3 Å². The van der Waals surface area contributed by atoms with Crippen molar-refractivity contribution in [1.82, 2.24) is 10.2 Å². The van der Waals surface area contributed by atoms with E-state index in [-0.39, 0.29) is 11.9 Å². The fraction of sp³-hybridized carbons (Fsp3) is 0.909. The SMILES string of the molecule is CCSCC(C)N1CCCC(NC)C1=O. The van der Waals surface area contributed by atoms with Crippen molar-refractivity contribution >= 4 is 17.7 Å². The van der Waals surface area contributed by atoms with E-state index in [1.165, 1.54) is 0 Å². The maximum absolute atomic E-state index is 12.0. The van der Waals surface area contributed by atoms with Crippen LogP contribution in [0.2, 0.25) is 0 Å². The zero-order chi connectivity index (χ0) is 11.3. The average Bonchev–Trinajstić information content (AvgIpc) is 2.26. The highest BCUT2D eigenvalue weighted by molar-refractivity contribution is 7.99. The van der Waals surface area contributed by atoms with Gasteiger partial charge in [-0.1, -0.05) is 6.92 Å². The van der Waals surface area contributed by atoms with Gasteiger partial charge >= 0.3 is 0 Å². The first-order valence-corrected chi connectivity index (χ1v) is 6.91. The van der Waals surface area contributed by atoms with E-state index in [4.69, 9.17) is 0 Å². The first-order chi connectivity index (χ1) is 7.20. The molecule has 0 aliphatic carbocycles. The maximum atomic E-state index is 12.0. The van der Waals surface area contributed by atoms with Crippen molar-refractivity contribution in [2.75, 3.05) is 25.1 Å². The molecule has 1 saturated heterocycles. The van der Waals surface area contributed by atoms with Crippen LogP contribution in [0.15, 0.2) is 0 Å². The molecule has 1 rings (SSSR count). The van der Waals surface area contributed by atoms with E-state index in [0.29, 0.717) is 6.04 Å². The molecule has 1 amide bonds. The Bertz CT molecular complexity index is 211. The summed E-state index contributed by atoms with van der Waals surface area (Å²) < 4.78 is 0. The molecule has 0 saturated carbocycles.